The molecule has 0 atom stereocenters. The number of ether oxygens (including phenoxy) is 1. The summed E-state index contributed by atoms with van der Waals surface area (Å²) in [6.45, 7) is 2.30. The Morgan fingerprint density at radius 1 is 1.20 bits per heavy atom. The van der Waals surface area contributed by atoms with Crippen molar-refractivity contribution < 1.29 is 14.6 Å². The van der Waals surface area contributed by atoms with Crippen LogP contribution in [0.4, 0.5) is 0 Å². The van der Waals surface area contributed by atoms with Crippen LogP contribution in [0, 0.1) is 6.92 Å². The summed E-state index contributed by atoms with van der Waals surface area (Å²) < 4.78 is 5.61. The van der Waals surface area contributed by atoms with E-state index in [0.29, 0.717) is 12.4 Å². The zero-order valence-corrected chi connectivity index (χ0v) is 12.2. The Hall–Kier alpha value is -1.71. The molecule has 0 saturated carbocycles. The first-order valence-electron chi connectivity index (χ1n) is 5.88. The first-order chi connectivity index (χ1) is 9.49. The SMILES string of the molecule is Cc1ccccc1COc1c(Cl)cc(C(=O)O)cc1Cl. The summed E-state index contributed by atoms with van der Waals surface area (Å²) in [5, 5.41) is 9.28. The number of rotatable bonds is 4. The molecule has 20 heavy (non-hydrogen) atoms. The lowest BCUT2D eigenvalue weighted by atomic mass is 10.1. The molecule has 0 aliphatic rings. The lowest BCUT2D eigenvalue weighted by Gasteiger charge is -2.12. The van der Waals surface area contributed by atoms with Crippen LogP contribution in [0.1, 0.15) is 21.5 Å². The van der Waals surface area contributed by atoms with Gasteiger partial charge in [0.15, 0.2) is 5.75 Å². The Morgan fingerprint density at radius 2 is 1.80 bits per heavy atom. The predicted molar refractivity (Wildman–Crippen MR) is 78.9 cm³/mol. The molecule has 1 N–H and O–H groups in total. The van der Waals surface area contributed by atoms with E-state index in [9.17, 15) is 4.79 Å². The van der Waals surface area contributed by atoms with Crippen LogP contribution in [-0.2, 0) is 6.61 Å². The van der Waals surface area contributed by atoms with E-state index in [-0.39, 0.29) is 15.6 Å². The minimum absolute atomic E-state index is 0.0308. The van der Waals surface area contributed by atoms with Crippen molar-refractivity contribution in [3.63, 3.8) is 0 Å². The largest absolute Gasteiger partial charge is 0.486 e. The number of halogens is 2. The fraction of sp³-hybridized carbons (Fsp3) is 0.133. The van der Waals surface area contributed by atoms with Gasteiger partial charge in [0, 0.05) is 0 Å². The molecule has 5 heteroatoms. The van der Waals surface area contributed by atoms with Crippen LogP contribution >= 0.6 is 23.2 Å². The quantitative estimate of drug-likeness (QED) is 0.899. The number of carboxylic acid groups (broad SMARTS) is 1. The van der Waals surface area contributed by atoms with Gasteiger partial charge in [-0.2, -0.15) is 0 Å². The zero-order chi connectivity index (χ0) is 14.7. The lowest BCUT2D eigenvalue weighted by Crippen LogP contribution is -2.01. The van der Waals surface area contributed by atoms with E-state index in [1.54, 1.807) is 0 Å². The first kappa shape index (κ1) is 14.7. The molecule has 0 bridgehead atoms. The fourth-order valence-corrected chi connectivity index (χ4v) is 2.34. The molecule has 0 radical (unpaired) electrons. The Balaban J connectivity index is 2.22. The minimum Gasteiger partial charge on any atom is -0.486 e. The molecule has 3 nitrogen and oxygen atoms in total. The zero-order valence-electron chi connectivity index (χ0n) is 10.7. The third kappa shape index (κ3) is 3.24. The third-order valence-electron chi connectivity index (χ3n) is 2.88. The Kier molecular flexibility index (Phi) is 4.53. The van der Waals surface area contributed by atoms with Gasteiger partial charge >= 0.3 is 5.97 Å². The maximum absolute atomic E-state index is 10.9. The van der Waals surface area contributed by atoms with E-state index in [0.717, 1.165) is 11.1 Å². The molecule has 2 rings (SSSR count). The van der Waals surface area contributed by atoms with Crippen molar-refractivity contribution >= 4 is 29.2 Å². The number of benzene rings is 2. The van der Waals surface area contributed by atoms with Gasteiger partial charge in [0.2, 0.25) is 0 Å². The highest BCUT2D eigenvalue weighted by atomic mass is 35.5. The van der Waals surface area contributed by atoms with Gasteiger partial charge in [0.1, 0.15) is 6.61 Å². The van der Waals surface area contributed by atoms with E-state index in [4.69, 9.17) is 33.0 Å². The number of aryl methyl sites for hydroxylation is 1. The monoisotopic (exact) mass is 310 g/mol. The summed E-state index contributed by atoms with van der Waals surface area (Å²) in [5.74, 6) is -0.791. The van der Waals surface area contributed by atoms with Gasteiger partial charge in [-0.1, -0.05) is 47.5 Å². The second-order valence-corrected chi connectivity index (χ2v) is 5.10. The molecule has 0 unspecified atom stereocenters. The second-order valence-electron chi connectivity index (χ2n) is 4.29. The third-order valence-corrected chi connectivity index (χ3v) is 3.44. The highest BCUT2D eigenvalue weighted by Gasteiger charge is 2.13. The van der Waals surface area contributed by atoms with Gasteiger partial charge in [-0.25, -0.2) is 4.79 Å². The summed E-state index contributed by atoms with van der Waals surface area (Å²) >= 11 is 12.0. The maximum atomic E-state index is 10.9. The number of carboxylic acids is 1. The van der Waals surface area contributed by atoms with E-state index in [1.165, 1.54) is 12.1 Å². The number of hydrogen-bond donors (Lipinski definition) is 1. The summed E-state index contributed by atoms with van der Waals surface area (Å²) in [6, 6.07) is 10.4. The van der Waals surface area contributed by atoms with Gasteiger partial charge in [0.25, 0.3) is 0 Å². The summed E-state index contributed by atoms with van der Waals surface area (Å²) in [7, 11) is 0. The van der Waals surface area contributed by atoms with Gasteiger partial charge in [-0.3, -0.25) is 0 Å². The van der Waals surface area contributed by atoms with Crippen LogP contribution in [0.3, 0.4) is 0 Å². The molecular weight excluding hydrogens is 299 g/mol. The molecule has 0 aliphatic heterocycles. The van der Waals surface area contributed by atoms with Crippen LogP contribution in [0.2, 0.25) is 10.0 Å². The predicted octanol–water partition coefficient (Wildman–Crippen LogP) is 4.58. The normalized spacial score (nSPS) is 10.3. The molecule has 0 heterocycles. The van der Waals surface area contributed by atoms with Crippen LogP contribution in [0.25, 0.3) is 0 Å². The van der Waals surface area contributed by atoms with Crippen molar-refractivity contribution in [2.24, 2.45) is 0 Å². The van der Waals surface area contributed by atoms with Crippen LogP contribution < -0.4 is 4.74 Å². The molecular formula is C15H12Cl2O3. The highest BCUT2D eigenvalue weighted by Crippen LogP contribution is 2.34. The van der Waals surface area contributed by atoms with Gasteiger partial charge in [-0.15, -0.1) is 0 Å². The number of carbonyl (C=O) groups is 1. The van der Waals surface area contributed by atoms with E-state index in [1.807, 2.05) is 31.2 Å². The molecule has 0 saturated heterocycles. The minimum atomic E-state index is -1.08. The topological polar surface area (TPSA) is 46.5 Å². The second kappa shape index (κ2) is 6.16. The van der Waals surface area contributed by atoms with Crippen LogP contribution in [0.15, 0.2) is 36.4 Å². The van der Waals surface area contributed by atoms with Crippen molar-refractivity contribution in [1.29, 1.82) is 0 Å². The van der Waals surface area contributed by atoms with Gasteiger partial charge in [0.05, 0.1) is 15.6 Å². The van der Waals surface area contributed by atoms with Crippen molar-refractivity contribution in [2.75, 3.05) is 0 Å². The summed E-state index contributed by atoms with van der Waals surface area (Å²) in [6.07, 6.45) is 0. The van der Waals surface area contributed by atoms with E-state index in [2.05, 4.69) is 0 Å². The fourth-order valence-electron chi connectivity index (χ4n) is 1.74. The Morgan fingerprint density at radius 3 is 2.35 bits per heavy atom. The standard InChI is InChI=1S/C15H12Cl2O3/c1-9-4-2-3-5-10(9)8-20-14-12(16)6-11(15(18)19)7-13(14)17/h2-7H,8H2,1H3,(H,18,19). The molecule has 0 spiro atoms. The first-order valence-corrected chi connectivity index (χ1v) is 6.64. The lowest BCUT2D eigenvalue weighted by molar-refractivity contribution is 0.0697. The van der Waals surface area contributed by atoms with Crippen LogP contribution in [0.5, 0.6) is 5.75 Å². The Labute approximate surface area is 126 Å². The van der Waals surface area contributed by atoms with Gasteiger partial charge < -0.3 is 9.84 Å². The van der Waals surface area contributed by atoms with Gasteiger partial charge in [-0.05, 0) is 30.2 Å². The molecule has 104 valence electrons. The smallest absolute Gasteiger partial charge is 0.335 e. The van der Waals surface area contributed by atoms with Crippen molar-refractivity contribution in [2.45, 2.75) is 13.5 Å². The van der Waals surface area contributed by atoms with E-state index < -0.39 is 5.97 Å². The van der Waals surface area contributed by atoms with Crippen molar-refractivity contribution in [1.82, 2.24) is 0 Å². The Bertz CT molecular complexity index is 630. The molecule has 0 amide bonds. The highest BCUT2D eigenvalue weighted by molar-refractivity contribution is 6.37. The number of aromatic carboxylic acids is 1. The summed E-state index contributed by atoms with van der Waals surface area (Å²) in [5.41, 5.74) is 2.15. The maximum Gasteiger partial charge on any atom is 0.335 e. The van der Waals surface area contributed by atoms with Crippen LogP contribution in [-0.4, -0.2) is 11.1 Å². The molecule has 0 aliphatic carbocycles. The molecule has 0 fully saturated rings. The molecule has 2 aromatic rings. The summed E-state index contributed by atoms with van der Waals surface area (Å²) in [4.78, 5) is 10.9. The van der Waals surface area contributed by atoms with Crippen molar-refractivity contribution in [3.05, 3.63) is 63.1 Å². The molecule has 2 aromatic carbocycles. The molecule has 0 aromatic heterocycles. The van der Waals surface area contributed by atoms with E-state index >= 15 is 0 Å². The van der Waals surface area contributed by atoms with Crippen molar-refractivity contribution in [3.8, 4) is 5.75 Å². The average Bonchev–Trinajstić information content (AvgIpc) is 2.39. The number of hydrogen-bond acceptors (Lipinski definition) is 2. The average molecular weight is 311 g/mol.